The maximum Gasteiger partial charge on any atom is 0.349 e. The van der Waals surface area contributed by atoms with Crippen molar-refractivity contribution in [1.29, 1.82) is 0 Å². The zero-order valence-corrected chi connectivity index (χ0v) is 12.2. The minimum absolute atomic E-state index is 0.224. The first-order valence-electron chi connectivity index (χ1n) is 6.41. The summed E-state index contributed by atoms with van der Waals surface area (Å²) in [5.74, 6) is 0. The Balaban J connectivity index is 2.25. The molecule has 0 amide bonds. The summed E-state index contributed by atoms with van der Waals surface area (Å²) < 4.78 is 2.88. The van der Waals surface area contributed by atoms with Crippen LogP contribution >= 0.6 is 0 Å². The van der Waals surface area contributed by atoms with Crippen LogP contribution in [0.25, 0.3) is 0 Å². The van der Waals surface area contributed by atoms with Gasteiger partial charge in [-0.15, -0.1) is 0 Å². The molecule has 0 aliphatic carbocycles. The third kappa shape index (κ3) is 3.65. The molecule has 0 aliphatic heterocycles. The fourth-order valence-electron chi connectivity index (χ4n) is 1.85. The highest BCUT2D eigenvalue weighted by Gasteiger charge is 2.08. The van der Waals surface area contributed by atoms with Gasteiger partial charge in [0, 0.05) is 23.7 Å². The summed E-state index contributed by atoms with van der Waals surface area (Å²) in [4.78, 5) is 20.9. The molecule has 0 saturated carbocycles. The Morgan fingerprint density at radius 3 is 3.00 bits per heavy atom. The lowest BCUT2D eigenvalue weighted by Gasteiger charge is -2.02. The van der Waals surface area contributed by atoms with Crippen LogP contribution in [0, 0.1) is 6.92 Å². The molecule has 0 bridgehead atoms. The number of aromatic nitrogens is 3. The smallest absolute Gasteiger partial charge is 0.349 e. The third-order valence-corrected chi connectivity index (χ3v) is 2.81. The van der Waals surface area contributed by atoms with Crippen LogP contribution in [0.3, 0.4) is 0 Å². The molecule has 2 aromatic heterocycles. The van der Waals surface area contributed by atoms with Gasteiger partial charge in [0.1, 0.15) is 7.11 Å². The first kappa shape index (κ1) is 14.7. The Kier molecular flexibility index (Phi) is 4.65. The number of nitrogens with zero attached hydrogens (tertiary/aromatic N) is 5. The SMILES string of the molecule is CON=C(C)Cn1c(C)cn(N=Cc2cccnc2)c1=O. The van der Waals surface area contributed by atoms with Crippen LogP contribution in [0.2, 0.25) is 0 Å². The number of imidazole rings is 1. The Morgan fingerprint density at radius 1 is 1.52 bits per heavy atom. The summed E-state index contributed by atoms with van der Waals surface area (Å²) in [7, 11) is 1.47. The topological polar surface area (TPSA) is 73.8 Å². The minimum atomic E-state index is -0.224. The molecule has 0 atom stereocenters. The van der Waals surface area contributed by atoms with Crippen molar-refractivity contribution in [1.82, 2.24) is 14.2 Å². The van der Waals surface area contributed by atoms with Crippen LogP contribution < -0.4 is 5.69 Å². The van der Waals surface area contributed by atoms with E-state index in [4.69, 9.17) is 4.84 Å². The predicted octanol–water partition coefficient (Wildman–Crippen LogP) is 1.26. The summed E-state index contributed by atoms with van der Waals surface area (Å²) in [5.41, 5.74) is 2.11. The average Bonchev–Trinajstić information content (AvgIpc) is 2.74. The molecule has 110 valence electrons. The highest BCUT2D eigenvalue weighted by molar-refractivity contribution is 5.81. The second-order valence-electron chi connectivity index (χ2n) is 4.52. The molecule has 2 aromatic rings. The van der Waals surface area contributed by atoms with Gasteiger partial charge in [-0.2, -0.15) is 9.78 Å². The second-order valence-corrected chi connectivity index (χ2v) is 4.52. The fourth-order valence-corrected chi connectivity index (χ4v) is 1.85. The van der Waals surface area contributed by atoms with E-state index in [1.54, 1.807) is 36.3 Å². The standard InChI is InChI=1S/C14H17N5O2/c1-11(17-21-3)9-18-12(2)10-19(14(18)20)16-8-13-5-4-6-15-7-13/h4-8,10H,9H2,1-3H3. The van der Waals surface area contributed by atoms with Crippen LogP contribution in [0.1, 0.15) is 18.2 Å². The van der Waals surface area contributed by atoms with Crippen LogP contribution in [0.4, 0.5) is 0 Å². The summed E-state index contributed by atoms with van der Waals surface area (Å²) >= 11 is 0. The number of hydrogen-bond donors (Lipinski definition) is 0. The van der Waals surface area contributed by atoms with Crippen molar-refractivity contribution in [2.75, 3.05) is 7.11 Å². The monoisotopic (exact) mass is 287 g/mol. The Hall–Kier alpha value is -2.70. The normalized spacial score (nSPS) is 12.0. The molecule has 0 spiro atoms. The molecule has 0 saturated heterocycles. The maximum atomic E-state index is 12.3. The van der Waals surface area contributed by atoms with E-state index < -0.39 is 0 Å². The van der Waals surface area contributed by atoms with Crippen LogP contribution in [-0.4, -0.2) is 33.3 Å². The number of rotatable bonds is 5. The van der Waals surface area contributed by atoms with Gasteiger partial charge in [0.15, 0.2) is 0 Å². The van der Waals surface area contributed by atoms with E-state index in [9.17, 15) is 4.79 Å². The minimum Gasteiger partial charge on any atom is -0.399 e. The van der Waals surface area contributed by atoms with Crippen molar-refractivity contribution in [3.63, 3.8) is 0 Å². The van der Waals surface area contributed by atoms with Crippen molar-refractivity contribution >= 4 is 11.9 Å². The molecular weight excluding hydrogens is 270 g/mol. The molecule has 2 heterocycles. The van der Waals surface area contributed by atoms with E-state index in [-0.39, 0.29) is 5.69 Å². The molecular formula is C14H17N5O2. The zero-order chi connectivity index (χ0) is 15.2. The van der Waals surface area contributed by atoms with Crippen molar-refractivity contribution < 1.29 is 4.84 Å². The lowest BCUT2D eigenvalue weighted by Crippen LogP contribution is -2.25. The largest absolute Gasteiger partial charge is 0.399 e. The fraction of sp³-hybridized carbons (Fsp3) is 0.286. The number of hydrogen-bond acceptors (Lipinski definition) is 5. The maximum absolute atomic E-state index is 12.3. The highest BCUT2D eigenvalue weighted by Crippen LogP contribution is 1.98. The van der Waals surface area contributed by atoms with Crippen molar-refractivity contribution in [2.45, 2.75) is 20.4 Å². The van der Waals surface area contributed by atoms with Gasteiger partial charge in [-0.05, 0) is 19.9 Å². The van der Waals surface area contributed by atoms with Gasteiger partial charge in [0.25, 0.3) is 0 Å². The summed E-state index contributed by atoms with van der Waals surface area (Å²) in [5, 5.41) is 7.96. The van der Waals surface area contributed by atoms with E-state index in [1.165, 1.54) is 11.8 Å². The molecule has 7 nitrogen and oxygen atoms in total. The summed E-state index contributed by atoms with van der Waals surface area (Å²) in [6.45, 7) is 4.01. The highest BCUT2D eigenvalue weighted by atomic mass is 16.6. The second kappa shape index (κ2) is 6.65. The molecule has 0 radical (unpaired) electrons. The van der Waals surface area contributed by atoms with Gasteiger partial charge in [0.05, 0.1) is 24.7 Å². The average molecular weight is 287 g/mol. The lowest BCUT2D eigenvalue weighted by molar-refractivity contribution is 0.212. The van der Waals surface area contributed by atoms with E-state index in [0.29, 0.717) is 12.3 Å². The van der Waals surface area contributed by atoms with Crippen molar-refractivity contribution in [2.24, 2.45) is 10.3 Å². The first-order valence-corrected chi connectivity index (χ1v) is 6.41. The Morgan fingerprint density at radius 2 is 2.33 bits per heavy atom. The molecule has 0 aliphatic rings. The molecule has 0 aromatic carbocycles. The van der Waals surface area contributed by atoms with Crippen LogP contribution in [-0.2, 0) is 11.4 Å². The number of aryl methyl sites for hydroxylation is 1. The van der Waals surface area contributed by atoms with Gasteiger partial charge in [-0.25, -0.2) is 4.79 Å². The van der Waals surface area contributed by atoms with Gasteiger partial charge >= 0.3 is 5.69 Å². The number of oxime groups is 1. The van der Waals surface area contributed by atoms with E-state index in [2.05, 4.69) is 15.2 Å². The van der Waals surface area contributed by atoms with E-state index in [1.807, 2.05) is 19.1 Å². The molecule has 0 N–H and O–H groups in total. The third-order valence-electron chi connectivity index (χ3n) is 2.81. The van der Waals surface area contributed by atoms with Gasteiger partial charge in [-0.1, -0.05) is 11.2 Å². The van der Waals surface area contributed by atoms with Gasteiger partial charge < -0.3 is 4.84 Å². The van der Waals surface area contributed by atoms with Gasteiger partial charge in [-0.3, -0.25) is 9.55 Å². The summed E-state index contributed by atoms with van der Waals surface area (Å²) in [6.07, 6.45) is 6.62. The Bertz CT molecular complexity index is 713. The number of pyridine rings is 1. The molecule has 2 rings (SSSR count). The van der Waals surface area contributed by atoms with Crippen molar-refractivity contribution in [3.05, 3.63) is 52.5 Å². The molecule has 21 heavy (non-hydrogen) atoms. The first-order chi connectivity index (χ1) is 10.1. The van der Waals surface area contributed by atoms with E-state index in [0.717, 1.165) is 11.3 Å². The molecule has 7 heteroatoms. The van der Waals surface area contributed by atoms with Crippen LogP contribution in [0.15, 0.2) is 45.8 Å². The van der Waals surface area contributed by atoms with Crippen LogP contribution in [0.5, 0.6) is 0 Å². The zero-order valence-electron chi connectivity index (χ0n) is 12.2. The van der Waals surface area contributed by atoms with Gasteiger partial charge in [0.2, 0.25) is 0 Å². The quantitative estimate of drug-likeness (QED) is 0.613. The van der Waals surface area contributed by atoms with E-state index >= 15 is 0 Å². The summed E-state index contributed by atoms with van der Waals surface area (Å²) in [6, 6.07) is 3.67. The predicted molar refractivity (Wildman–Crippen MR) is 80.8 cm³/mol. The molecule has 0 unspecified atom stereocenters. The lowest BCUT2D eigenvalue weighted by atomic mass is 10.3. The Labute approximate surface area is 122 Å². The molecule has 0 fully saturated rings. The van der Waals surface area contributed by atoms with Crippen molar-refractivity contribution in [3.8, 4) is 0 Å².